The summed E-state index contributed by atoms with van der Waals surface area (Å²) in [5, 5.41) is 0. The predicted molar refractivity (Wildman–Crippen MR) is 58.7 cm³/mol. The lowest BCUT2D eigenvalue weighted by Crippen LogP contribution is -2.48. The van der Waals surface area contributed by atoms with E-state index in [9.17, 15) is 4.79 Å². The van der Waals surface area contributed by atoms with Crippen molar-refractivity contribution < 1.29 is 0 Å². The van der Waals surface area contributed by atoms with Gasteiger partial charge in [-0.25, -0.2) is 4.98 Å². The van der Waals surface area contributed by atoms with Crippen LogP contribution in [0.2, 0.25) is 0 Å². The third-order valence-corrected chi connectivity index (χ3v) is 2.89. The summed E-state index contributed by atoms with van der Waals surface area (Å²) in [6, 6.07) is 1.52. The van der Waals surface area contributed by atoms with E-state index in [1.165, 1.54) is 6.07 Å². The maximum atomic E-state index is 11.5. The molecule has 0 radical (unpaired) electrons. The van der Waals surface area contributed by atoms with Crippen LogP contribution < -0.4 is 5.56 Å². The van der Waals surface area contributed by atoms with Crippen LogP contribution in [0.4, 0.5) is 0 Å². The van der Waals surface area contributed by atoms with Crippen molar-refractivity contribution in [2.45, 2.75) is 39.4 Å². The van der Waals surface area contributed by atoms with Crippen molar-refractivity contribution in [3.63, 3.8) is 0 Å². The molecule has 2 heterocycles. The molecule has 1 aromatic rings. The lowest BCUT2D eigenvalue weighted by Gasteiger charge is -2.38. The Hall–Kier alpha value is -1.16. The van der Waals surface area contributed by atoms with E-state index in [1.54, 1.807) is 10.8 Å². The second-order valence-electron chi connectivity index (χ2n) is 4.94. The summed E-state index contributed by atoms with van der Waals surface area (Å²) < 4.78 is 1.77. The molecule has 0 amide bonds. The molecule has 0 fully saturated rings. The first-order chi connectivity index (χ1) is 6.98. The zero-order chi connectivity index (χ0) is 11.1. The highest BCUT2D eigenvalue weighted by molar-refractivity contribution is 4.98. The summed E-state index contributed by atoms with van der Waals surface area (Å²) in [6.45, 7) is 8.98. The summed E-state index contributed by atoms with van der Waals surface area (Å²) in [5.41, 5.74) is 0.201. The molecule has 0 spiro atoms. The van der Waals surface area contributed by atoms with E-state index in [0.29, 0.717) is 0 Å². The second kappa shape index (κ2) is 3.45. The van der Waals surface area contributed by atoms with Crippen LogP contribution in [0.25, 0.3) is 0 Å². The number of nitrogens with zero attached hydrogens (tertiary/aromatic N) is 3. The normalized spacial score (nSPS) is 17.5. The molecule has 0 N–H and O–H groups in total. The number of aromatic nitrogens is 2. The number of hydrogen-bond donors (Lipinski definition) is 0. The van der Waals surface area contributed by atoms with E-state index in [4.69, 9.17) is 0 Å². The number of fused-ring (bicyclic) bond motifs is 1. The molecule has 1 aliphatic heterocycles. The van der Waals surface area contributed by atoms with Crippen molar-refractivity contribution in [2.24, 2.45) is 0 Å². The van der Waals surface area contributed by atoms with Crippen LogP contribution in [-0.4, -0.2) is 26.5 Å². The average molecular weight is 207 g/mol. The van der Waals surface area contributed by atoms with Gasteiger partial charge >= 0.3 is 0 Å². The van der Waals surface area contributed by atoms with Crippen LogP contribution in [0.15, 0.2) is 17.1 Å². The highest BCUT2D eigenvalue weighted by Crippen LogP contribution is 2.18. The Bertz CT molecular complexity index is 417. The lowest BCUT2D eigenvalue weighted by molar-refractivity contribution is 0.0976. The Morgan fingerprint density at radius 1 is 1.33 bits per heavy atom. The summed E-state index contributed by atoms with van der Waals surface area (Å²) >= 11 is 0. The van der Waals surface area contributed by atoms with Crippen molar-refractivity contribution in [1.82, 2.24) is 14.5 Å². The minimum absolute atomic E-state index is 0.0635. The molecule has 0 aromatic carbocycles. The topological polar surface area (TPSA) is 38.1 Å². The van der Waals surface area contributed by atoms with Gasteiger partial charge in [-0.05, 0) is 20.8 Å². The maximum Gasteiger partial charge on any atom is 0.253 e. The summed E-state index contributed by atoms with van der Waals surface area (Å²) in [5.74, 6) is 0.878. The molecular formula is C11H17N3O. The zero-order valence-corrected chi connectivity index (χ0v) is 9.53. The largest absolute Gasteiger partial charge is 0.294 e. The molecule has 0 bridgehead atoms. The predicted octanol–water partition coefficient (Wildman–Crippen LogP) is 0.857. The van der Waals surface area contributed by atoms with Gasteiger partial charge in [-0.1, -0.05) is 0 Å². The first-order valence-corrected chi connectivity index (χ1v) is 5.28. The Kier molecular flexibility index (Phi) is 2.38. The van der Waals surface area contributed by atoms with Crippen molar-refractivity contribution in [2.75, 3.05) is 6.54 Å². The van der Waals surface area contributed by atoms with Crippen molar-refractivity contribution in [3.8, 4) is 0 Å². The molecule has 0 aliphatic carbocycles. The van der Waals surface area contributed by atoms with Crippen molar-refractivity contribution >= 4 is 0 Å². The van der Waals surface area contributed by atoms with Crippen LogP contribution in [-0.2, 0) is 13.1 Å². The highest BCUT2D eigenvalue weighted by atomic mass is 16.1. The molecule has 4 nitrogen and oxygen atoms in total. The van der Waals surface area contributed by atoms with E-state index in [2.05, 4.69) is 30.7 Å². The summed E-state index contributed by atoms with van der Waals surface area (Å²) in [6.07, 6.45) is 1.60. The van der Waals surface area contributed by atoms with Gasteiger partial charge < -0.3 is 0 Å². The third-order valence-electron chi connectivity index (χ3n) is 2.89. The molecule has 0 saturated heterocycles. The van der Waals surface area contributed by atoms with Crippen LogP contribution in [0, 0.1) is 0 Å². The molecule has 4 heteroatoms. The first kappa shape index (κ1) is 10.4. The van der Waals surface area contributed by atoms with Gasteiger partial charge in [0.25, 0.3) is 5.56 Å². The van der Waals surface area contributed by atoms with Gasteiger partial charge in [0.05, 0.1) is 6.54 Å². The highest BCUT2D eigenvalue weighted by Gasteiger charge is 2.26. The molecule has 82 valence electrons. The monoisotopic (exact) mass is 207 g/mol. The van der Waals surface area contributed by atoms with Crippen LogP contribution in [0.3, 0.4) is 0 Å². The fourth-order valence-electron chi connectivity index (χ4n) is 1.88. The Morgan fingerprint density at radius 2 is 2.07 bits per heavy atom. The Balaban J connectivity index is 2.32. The fraction of sp³-hybridized carbons (Fsp3) is 0.636. The smallest absolute Gasteiger partial charge is 0.253 e. The maximum absolute atomic E-state index is 11.5. The first-order valence-electron chi connectivity index (χ1n) is 5.28. The van der Waals surface area contributed by atoms with E-state index in [1.807, 2.05) is 0 Å². The van der Waals surface area contributed by atoms with E-state index < -0.39 is 0 Å². The van der Waals surface area contributed by atoms with E-state index >= 15 is 0 Å². The van der Waals surface area contributed by atoms with E-state index in [0.717, 1.165) is 25.5 Å². The minimum atomic E-state index is 0.0635. The molecule has 0 saturated carbocycles. The number of hydrogen-bond acceptors (Lipinski definition) is 3. The molecule has 15 heavy (non-hydrogen) atoms. The standard InChI is InChI=1S/C11H17N3O/c1-11(2,3)13-6-7-14-9(8-13)12-5-4-10(14)15/h4-5H,6-8H2,1-3H3. The number of rotatable bonds is 0. The quantitative estimate of drug-likeness (QED) is 0.633. The summed E-state index contributed by atoms with van der Waals surface area (Å²) in [4.78, 5) is 18.1. The average Bonchev–Trinajstić information content (AvgIpc) is 2.16. The lowest BCUT2D eigenvalue weighted by atomic mass is 10.1. The molecule has 1 aliphatic rings. The van der Waals surface area contributed by atoms with Gasteiger partial charge in [-0.15, -0.1) is 0 Å². The Labute approximate surface area is 89.6 Å². The van der Waals surface area contributed by atoms with Crippen LogP contribution in [0.5, 0.6) is 0 Å². The molecule has 0 atom stereocenters. The molecule has 2 rings (SSSR count). The zero-order valence-electron chi connectivity index (χ0n) is 9.53. The van der Waals surface area contributed by atoms with Crippen molar-refractivity contribution in [1.29, 1.82) is 0 Å². The van der Waals surface area contributed by atoms with Crippen LogP contribution in [0.1, 0.15) is 26.6 Å². The van der Waals surface area contributed by atoms with Gasteiger partial charge in [0.1, 0.15) is 5.82 Å². The fourth-order valence-corrected chi connectivity index (χ4v) is 1.88. The molecule has 0 unspecified atom stereocenters. The van der Waals surface area contributed by atoms with Gasteiger partial charge in [-0.3, -0.25) is 14.3 Å². The van der Waals surface area contributed by atoms with Crippen molar-refractivity contribution in [3.05, 3.63) is 28.4 Å². The minimum Gasteiger partial charge on any atom is -0.294 e. The Morgan fingerprint density at radius 3 is 2.73 bits per heavy atom. The van der Waals surface area contributed by atoms with Crippen LogP contribution >= 0.6 is 0 Å². The van der Waals surface area contributed by atoms with Gasteiger partial charge in [0.15, 0.2) is 0 Å². The SMILES string of the molecule is CC(C)(C)N1CCn2c(nccc2=O)C1. The second-order valence-corrected chi connectivity index (χ2v) is 4.94. The summed E-state index contributed by atoms with van der Waals surface area (Å²) in [7, 11) is 0. The molecular weight excluding hydrogens is 190 g/mol. The van der Waals surface area contributed by atoms with Gasteiger partial charge in [-0.2, -0.15) is 0 Å². The van der Waals surface area contributed by atoms with Gasteiger partial charge in [0, 0.05) is 30.9 Å². The van der Waals surface area contributed by atoms with E-state index in [-0.39, 0.29) is 11.1 Å². The van der Waals surface area contributed by atoms with Gasteiger partial charge in [0.2, 0.25) is 0 Å². The third kappa shape index (κ3) is 1.95. The molecule has 1 aromatic heterocycles.